The van der Waals surface area contributed by atoms with E-state index < -0.39 is 0 Å². The second-order valence-electron chi connectivity index (χ2n) is 3.54. The Morgan fingerprint density at radius 1 is 1.36 bits per heavy atom. The van der Waals surface area contributed by atoms with Crippen molar-refractivity contribution in [3.63, 3.8) is 0 Å². The molecule has 0 aliphatic heterocycles. The van der Waals surface area contributed by atoms with Crippen LogP contribution in [0, 0.1) is 0 Å². The molecule has 1 atom stereocenters. The van der Waals surface area contributed by atoms with Crippen molar-refractivity contribution in [1.29, 1.82) is 0 Å². The van der Waals surface area contributed by atoms with Crippen molar-refractivity contribution in [2.75, 3.05) is 14.1 Å². The van der Waals surface area contributed by atoms with E-state index in [0.29, 0.717) is 0 Å². The molecule has 2 heteroatoms. The summed E-state index contributed by atoms with van der Waals surface area (Å²) in [5.41, 5.74) is 2.28. The first-order chi connectivity index (χ1) is 6.70. The first-order valence-corrected chi connectivity index (χ1v) is 4.82. The lowest BCUT2D eigenvalue weighted by Crippen LogP contribution is -2.22. The summed E-state index contributed by atoms with van der Waals surface area (Å²) in [6.07, 6.45) is 3.02. The van der Waals surface area contributed by atoms with E-state index in [1.54, 1.807) is 0 Å². The minimum Gasteiger partial charge on any atom is -0.296 e. The molecular weight excluding hydrogens is 174 g/mol. The number of hydrogen-bond donors (Lipinski definition) is 0. The van der Waals surface area contributed by atoms with E-state index in [1.807, 2.05) is 37.2 Å². The average molecular weight is 190 g/mol. The molecule has 0 N–H and O–H groups in total. The van der Waals surface area contributed by atoms with Crippen LogP contribution < -0.4 is 0 Å². The van der Waals surface area contributed by atoms with Crippen molar-refractivity contribution >= 4 is 6.29 Å². The molecule has 0 aromatic heterocycles. The predicted molar refractivity (Wildman–Crippen MR) is 57.9 cm³/mol. The summed E-state index contributed by atoms with van der Waals surface area (Å²) >= 11 is 0. The van der Waals surface area contributed by atoms with E-state index in [-0.39, 0.29) is 6.04 Å². The summed E-state index contributed by atoms with van der Waals surface area (Å²) in [5.74, 6) is 0. The lowest BCUT2D eigenvalue weighted by atomic mass is 9.99. The molecule has 1 aromatic rings. The van der Waals surface area contributed by atoms with Gasteiger partial charge in [0, 0.05) is 0 Å². The lowest BCUT2D eigenvalue weighted by Gasteiger charge is -2.20. The Hall–Kier alpha value is -1.15. The van der Waals surface area contributed by atoms with E-state index >= 15 is 0 Å². The third-order valence-electron chi connectivity index (χ3n) is 2.36. The van der Waals surface area contributed by atoms with Gasteiger partial charge in [0.1, 0.15) is 6.04 Å². The molecule has 0 aliphatic carbocycles. The monoisotopic (exact) mass is 190 g/mol. The molecule has 1 radical (unpaired) electrons. The minimum absolute atomic E-state index is 0.244. The van der Waals surface area contributed by atoms with E-state index in [0.717, 1.165) is 12.0 Å². The fourth-order valence-electron chi connectivity index (χ4n) is 1.57. The molecule has 0 amide bonds. The Balaban J connectivity index is 3.08. The van der Waals surface area contributed by atoms with Crippen LogP contribution in [0.3, 0.4) is 0 Å². The first kappa shape index (κ1) is 10.9. The highest BCUT2D eigenvalue weighted by Crippen LogP contribution is 2.20. The highest BCUT2D eigenvalue weighted by Gasteiger charge is 2.15. The van der Waals surface area contributed by atoms with Crippen LogP contribution in [0.2, 0.25) is 0 Å². The number of likely N-dealkylation sites (N-methyl/N-ethyl adjacent to an activating group) is 1. The largest absolute Gasteiger partial charge is 0.296 e. The van der Waals surface area contributed by atoms with Crippen molar-refractivity contribution in [2.24, 2.45) is 0 Å². The van der Waals surface area contributed by atoms with Crippen LogP contribution in [0.15, 0.2) is 24.3 Å². The molecule has 0 spiro atoms. The van der Waals surface area contributed by atoms with Crippen molar-refractivity contribution in [3.05, 3.63) is 35.4 Å². The van der Waals surface area contributed by atoms with Gasteiger partial charge in [0.05, 0.1) is 0 Å². The van der Waals surface area contributed by atoms with Gasteiger partial charge in [0.2, 0.25) is 6.29 Å². The van der Waals surface area contributed by atoms with Gasteiger partial charge in [0.25, 0.3) is 0 Å². The topological polar surface area (TPSA) is 20.3 Å². The molecule has 1 rings (SSSR count). The summed E-state index contributed by atoms with van der Waals surface area (Å²) in [6.45, 7) is 2.09. The van der Waals surface area contributed by atoms with Gasteiger partial charge in [-0.3, -0.25) is 9.69 Å². The standard InChI is InChI=1S/C12H16NO/c1-4-10-7-5-6-8-11(10)12(9-14)13(2)3/h5-8,12H,4H2,1-3H3. The van der Waals surface area contributed by atoms with Gasteiger partial charge >= 0.3 is 0 Å². The summed E-state index contributed by atoms with van der Waals surface area (Å²) in [7, 11) is 3.78. The van der Waals surface area contributed by atoms with Gasteiger partial charge in [-0.2, -0.15) is 0 Å². The summed E-state index contributed by atoms with van der Waals surface area (Å²) in [5, 5.41) is 0. The SMILES string of the molecule is CCc1ccccc1C([C]=O)N(C)C. The van der Waals surface area contributed by atoms with E-state index in [1.165, 1.54) is 5.56 Å². The Morgan fingerprint density at radius 2 is 2.00 bits per heavy atom. The second kappa shape index (κ2) is 4.91. The quantitative estimate of drug-likeness (QED) is 0.723. The van der Waals surface area contributed by atoms with Gasteiger partial charge in [-0.05, 0) is 31.6 Å². The number of hydrogen-bond acceptors (Lipinski definition) is 2. The normalized spacial score (nSPS) is 12.9. The maximum atomic E-state index is 10.8. The van der Waals surface area contributed by atoms with Gasteiger partial charge in [-0.25, -0.2) is 0 Å². The summed E-state index contributed by atoms with van der Waals surface area (Å²) in [6, 6.07) is 7.77. The van der Waals surface area contributed by atoms with Gasteiger partial charge < -0.3 is 0 Å². The second-order valence-corrected chi connectivity index (χ2v) is 3.54. The lowest BCUT2D eigenvalue weighted by molar-refractivity contribution is 0.354. The van der Waals surface area contributed by atoms with E-state index in [9.17, 15) is 4.79 Å². The average Bonchev–Trinajstić information content (AvgIpc) is 2.19. The Labute approximate surface area is 85.5 Å². The van der Waals surface area contributed by atoms with Crippen LogP contribution in [0.4, 0.5) is 0 Å². The number of rotatable bonds is 4. The maximum Gasteiger partial charge on any atom is 0.222 e. The van der Waals surface area contributed by atoms with E-state index in [2.05, 4.69) is 19.3 Å². The fraction of sp³-hybridized carbons (Fsp3) is 0.417. The highest BCUT2D eigenvalue weighted by atomic mass is 16.1. The van der Waals surface area contributed by atoms with Crippen molar-refractivity contribution < 1.29 is 4.79 Å². The van der Waals surface area contributed by atoms with Gasteiger partial charge in [-0.15, -0.1) is 0 Å². The summed E-state index contributed by atoms with van der Waals surface area (Å²) in [4.78, 5) is 12.7. The number of benzene rings is 1. The number of nitrogens with zero attached hydrogens (tertiary/aromatic N) is 1. The molecule has 0 bridgehead atoms. The molecule has 0 saturated carbocycles. The molecule has 14 heavy (non-hydrogen) atoms. The first-order valence-electron chi connectivity index (χ1n) is 4.82. The fourth-order valence-corrected chi connectivity index (χ4v) is 1.57. The summed E-state index contributed by atoms with van der Waals surface area (Å²) < 4.78 is 0. The molecule has 2 nitrogen and oxygen atoms in total. The molecule has 0 aliphatic rings. The molecule has 0 saturated heterocycles. The van der Waals surface area contributed by atoms with Gasteiger partial charge in [0.15, 0.2) is 0 Å². The number of carbonyl (C=O) groups excluding carboxylic acids is 1. The molecule has 0 heterocycles. The van der Waals surface area contributed by atoms with Crippen LogP contribution in [0.5, 0.6) is 0 Å². The smallest absolute Gasteiger partial charge is 0.222 e. The van der Waals surface area contributed by atoms with Crippen molar-refractivity contribution in [1.82, 2.24) is 4.90 Å². The van der Waals surface area contributed by atoms with Crippen LogP contribution in [-0.2, 0) is 11.2 Å². The van der Waals surface area contributed by atoms with Crippen LogP contribution in [-0.4, -0.2) is 25.3 Å². The third-order valence-corrected chi connectivity index (χ3v) is 2.36. The molecule has 75 valence electrons. The van der Waals surface area contributed by atoms with Crippen molar-refractivity contribution in [3.8, 4) is 0 Å². The number of aryl methyl sites for hydroxylation is 1. The Kier molecular flexibility index (Phi) is 3.84. The zero-order chi connectivity index (χ0) is 10.6. The highest BCUT2D eigenvalue weighted by molar-refractivity contribution is 5.63. The maximum absolute atomic E-state index is 10.8. The minimum atomic E-state index is -0.244. The van der Waals surface area contributed by atoms with Crippen LogP contribution in [0.25, 0.3) is 0 Å². The predicted octanol–water partition coefficient (Wildman–Crippen LogP) is 1.96. The Morgan fingerprint density at radius 3 is 2.50 bits per heavy atom. The zero-order valence-corrected chi connectivity index (χ0v) is 8.95. The molecule has 1 unspecified atom stereocenters. The van der Waals surface area contributed by atoms with Crippen LogP contribution in [0.1, 0.15) is 24.1 Å². The van der Waals surface area contributed by atoms with Crippen molar-refractivity contribution in [2.45, 2.75) is 19.4 Å². The Bertz CT molecular complexity index is 307. The van der Waals surface area contributed by atoms with Crippen LogP contribution >= 0.6 is 0 Å². The molecular formula is C12H16NO. The third kappa shape index (κ3) is 2.20. The van der Waals surface area contributed by atoms with Gasteiger partial charge in [-0.1, -0.05) is 31.2 Å². The van der Waals surface area contributed by atoms with E-state index in [4.69, 9.17) is 0 Å². The molecule has 1 aromatic carbocycles. The zero-order valence-electron chi connectivity index (χ0n) is 8.95. The molecule has 0 fully saturated rings.